The molecule has 2 aromatic carbocycles. The Morgan fingerprint density at radius 3 is 2.61 bits per heavy atom. The molecule has 0 fully saturated rings. The second-order valence-electron chi connectivity index (χ2n) is 6.45. The van der Waals surface area contributed by atoms with Crippen LogP contribution < -0.4 is 10.6 Å². The summed E-state index contributed by atoms with van der Waals surface area (Å²) >= 11 is 0. The van der Waals surface area contributed by atoms with Gasteiger partial charge in [0.15, 0.2) is 6.04 Å². The summed E-state index contributed by atoms with van der Waals surface area (Å²) in [6, 6.07) is 19.1. The summed E-state index contributed by atoms with van der Waals surface area (Å²) in [7, 11) is 0. The van der Waals surface area contributed by atoms with Crippen molar-refractivity contribution in [3.8, 4) is 0 Å². The lowest BCUT2D eigenvalue weighted by molar-refractivity contribution is -0.695. The Balaban J connectivity index is 1.49. The minimum atomic E-state index is 0.00377. The highest BCUT2D eigenvalue weighted by molar-refractivity contribution is 5.81. The number of aryl methyl sites for hydroxylation is 1. The van der Waals surface area contributed by atoms with Crippen LogP contribution in [0.3, 0.4) is 0 Å². The standard InChI is InChI=1S/C20H24N2O/c1-15(11-12-16-7-3-2-4-8-16)22-20(23)19-13-17-9-5-6-10-18(17)14-21-19/h2-10,15,19,21H,11-14H2,1H3,(H,22,23)/p+1/t15-,19+/m1/s1. The first-order chi connectivity index (χ1) is 11.2. The van der Waals surface area contributed by atoms with Gasteiger partial charge in [0.2, 0.25) is 0 Å². The van der Waals surface area contributed by atoms with Gasteiger partial charge in [0.05, 0.1) is 0 Å². The molecule has 0 aliphatic carbocycles. The van der Waals surface area contributed by atoms with Crippen LogP contribution in [-0.4, -0.2) is 18.0 Å². The van der Waals surface area contributed by atoms with Crippen LogP contribution >= 0.6 is 0 Å². The average molecular weight is 309 g/mol. The van der Waals surface area contributed by atoms with Crippen molar-refractivity contribution in [3.63, 3.8) is 0 Å². The largest absolute Gasteiger partial charge is 0.348 e. The molecule has 2 aromatic rings. The van der Waals surface area contributed by atoms with Crippen LogP contribution in [0.1, 0.15) is 30.0 Å². The monoisotopic (exact) mass is 309 g/mol. The number of nitrogens with two attached hydrogens (primary N) is 1. The van der Waals surface area contributed by atoms with Gasteiger partial charge in [-0.05, 0) is 30.9 Å². The lowest BCUT2D eigenvalue weighted by Gasteiger charge is -2.24. The number of benzene rings is 2. The van der Waals surface area contributed by atoms with Crippen molar-refractivity contribution in [1.29, 1.82) is 0 Å². The van der Waals surface area contributed by atoms with E-state index in [1.54, 1.807) is 0 Å². The topological polar surface area (TPSA) is 45.7 Å². The average Bonchev–Trinajstić information content (AvgIpc) is 2.60. The Morgan fingerprint density at radius 2 is 1.83 bits per heavy atom. The number of carbonyl (C=O) groups excluding carboxylic acids is 1. The highest BCUT2D eigenvalue weighted by Crippen LogP contribution is 2.13. The Morgan fingerprint density at radius 1 is 1.13 bits per heavy atom. The molecule has 0 saturated heterocycles. The van der Waals surface area contributed by atoms with Crippen LogP contribution in [0.5, 0.6) is 0 Å². The number of hydrogen-bond donors (Lipinski definition) is 2. The number of nitrogens with one attached hydrogen (secondary N) is 1. The Bertz CT molecular complexity index is 654. The SMILES string of the molecule is C[C@H](CCc1ccccc1)NC(=O)[C@@H]1Cc2ccccc2C[NH2+]1. The first-order valence-electron chi connectivity index (χ1n) is 8.47. The van der Waals surface area contributed by atoms with Crippen molar-refractivity contribution in [2.24, 2.45) is 0 Å². The van der Waals surface area contributed by atoms with E-state index in [0.717, 1.165) is 25.8 Å². The van der Waals surface area contributed by atoms with Crippen LogP contribution in [0, 0.1) is 0 Å². The second-order valence-corrected chi connectivity index (χ2v) is 6.45. The lowest BCUT2D eigenvalue weighted by atomic mass is 9.95. The molecular weight excluding hydrogens is 284 g/mol. The van der Waals surface area contributed by atoms with Gasteiger partial charge < -0.3 is 10.6 Å². The summed E-state index contributed by atoms with van der Waals surface area (Å²) in [4.78, 5) is 12.5. The van der Waals surface area contributed by atoms with Crippen molar-refractivity contribution in [3.05, 3.63) is 71.3 Å². The molecule has 120 valence electrons. The van der Waals surface area contributed by atoms with Gasteiger partial charge in [0, 0.05) is 18.0 Å². The fourth-order valence-corrected chi connectivity index (χ4v) is 3.19. The predicted molar refractivity (Wildman–Crippen MR) is 91.9 cm³/mol. The molecule has 0 unspecified atom stereocenters. The van der Waals surface area contributed by atoms with E-state index < -0.39 is 0 Å². The van der Waals surface area contributed by atoms with Crippen LogP contribution in [0.2, 0.25) is 0 Å². The molecule has 0 saturated carbocycles. The van der Waals surface area contributed by atoms with E-state index in [4.69, 9.17) is 0 Å². The fourth-order valence-electron chi connectivity index (χ4n) is 3.19. The molecule has 1 aliphatic heterocycles. The number of quaternary nitrogens is 1. The van der Waals surface area contributed by atoms with E-state index in [2.05, 4.69) is 66.1 Å². The van der Waals surface area contributed by atoms with Gasteiger partial charge in [-0.15, -0.1) is 0 Å². The molecule has 3 nitrogen and oxygen atoms in total. The van der Waals surface area contributed by atoms with Crippen LogP contribution in [0.25, 0.3) is 0 Å². The maximum Gasteiger partial charge on any atom is 0.278 e. The van der Waals surface area contributed by atoms with Crippen LogP contribution in [-0.2, 0) is 24.2 Å². The maximum atomic E-state index is 12.5. The number of rotatable bonds is 5. The van der Waals surface area contributed by atoms with Gasteiger partial charge in [-0.25, -0.2) is 0 Å². The highest BCUT2D eigenvalue weighted by Gasteiger charge is 2.28. The zero-order valence-electron chi connectivity index (χ0n) is 13.7. The Labute approximate surface area is 138 Å². The summed E-state index contributed by atoms with van der Waals surface area (Å²) in [5.41, 5.74) is 3.99. The first kappa shape index (κ1) is 15.8. The van der Waals surface area contributed by atoms with E-state index >= 15 is 0 Å². The first-order valence-corrected chi connectivity index (χ1v) is 8.47. The zero-order chi connectivity index (χ0) is 16.1. The fraction of sp³-hybridized carbons (Fsp3) is 0.350. The zero-order valence-corrected chi connectivity index (χ0v) is 13.7. The van der Waals surface area contributed by atoms with E-state index in [9.17, 15) is 4.79 Å². The molecule has 1 amide bonds. The number of carbonyl (C=O) groups is 1. The normalized spacial score (nSPS) is 18.0. The van der Waals surface area contributed by atoms with Crippen molar-refractivity contribution in [2.45, 2.75) is 44.8 Å². The molecule has 0 radical (unpaired) electrons. The summed E-state index contributed by atoms with van der Waals surface area (Å²) in [5.74, 6) is 0.167. The van der Waals surface area contributed by atoms with Gasteiger partial charge in [-0.1, -0.05) is 54.6 Å². The van der Waals surface area contributed by atoms with E-state index in [1.165, 1.54) is 16.7 Å². The second kappa shape index (κ2) is 7.42. The van der Waals surface area contributed by atoms with Gasteiger partial charge in [0.25, 0.3) is 5.91 Å². The number of fused-ring (bicyclic) bond motifs is 1. The maximum absolute atomic E-state index is 12.5. The summed E-state index contributed by atoms with van der Waals surface area (Å²) < 4.78 is 0. The van der Waals surface area contributed by atoms with Crippen molar-refractivity contribution >= 4 is 5.91 Å². The molecule has 3 heteroatoms. The van der Waals surface area contributed by atoms with E-state index in [-0.39, 0.29) is 18.0 Å². The van der Waals surface area contributed by atoms with Crippen molar-refractivity contribution in [2.75, 3.05) is 0 Å². The predicted octanol–water partition coefficient (Wildman–Crippen LogP) is 1.81. The molecule has 3 N–H and O–H groups in total. The summed E-state index contributed by atoms with van der Waals surface area (Å²) in [6.45, 7) is 2.99. The molecule has 0 aromatic heterocycles. The minimum Gasteiger partial charge on any atom is -0.348 e. The van der Waals surface area contributed by atoms with E-state index in [0.29, 0.717) is 0 Å². The molecule has 1 heterocycles. The molecule has 2 atom stereocenters. The molecule has 3 rings (SSSR count). The third-order valence-corrected chi connectivity index (χ3v) is 4.61. The summed E-state index contributed by atoms with van der Waals surface area (Å²) in [6.07, 6.45) is 2.80. The number of hydrogen-bond acceptors (Lipinski definition) is 1. The van der Waals surface area contributed by atoms with Crippen molar-refractivity contribution < 1.29 is 10.1 Å². The smallest absolute Gasteiger partial charge is 0.278 e. The van der Waals surface area contributed by atoms with Gasteiger partial charge in [-0.3, -0.25) is 4.79 Å². The van der Waals surface area contributed by atoms with Crippen LogP contribution in [0.4, 0.5) is 0 Å². The molecule has 23 heavy (non-hydrogen) atoms. The lowest BCUT2D eigenvalue weighted by Crippen LogP contribution is -2.93. The Kier molecular flexibility index (Phi) is 5.09. The molecule has 0 spiro atoms. The highest BCUT2D eigenvalue weighted by atomic mass is 16.2. The third kappa shape index (κ3) is 4.20. The van der Waals surface area contributed by atoms with Crippen molar-refractivity contribution in [1.82, 2.24) is 5.32 Å². The van der Waals surface area contributed by atoms with Gasteiger partial charge in [0.1, 0.15) is 6.54 Å². The molecular formula is C20H25N2O+. The minimum absolute atomic E-state index is 0.00377. The number of amides is 1. The van der Waals surface area contributed by atoms with Crippen LogP contribution in [0.15, 0.2) is 54.6 Å². The van der Waals surface area contributed by atoms with Gasteiger partial charge >= 0.3 is 0 Å². The Hall–Kier alpha value is -2.13. The molecule has 0 bridgehead atoms. The van der Waals surface area contributed by atoms with Gasteiger partial charge in [-0.2, -0.15) is 0 Å². The molecule has 1 aliphatic rings. The summed E-state index contributed by atoms with van der Waals surface area (Å²) in [5, 5.41) is 5.33. The van der Waals surface area contributed by atoms with E-state index in [1.807, 2.05) is 6.07 Å². The quantitative estimate of drug-likeness (QED) is 0.869. The third-order valence-electron chi connectivity index (χ3n) is 4.61.